The van der Waals surface area contributed by atoms with Crippen molar-refractivity contribution in [3.05, 3.63) is 57.6 Å². The van der Waals surface area contributed by atoms with Gasteiger partial charge in [-0.1, -0.05) is 29.8 Å². The van der Waals surface area contributed by atoms with Crippen molar-refractivity contribution in [3.63, 3.8) is 0 Å². The quantitative estimate of drug-likeness (QED) is 0.740. The van der Waals surface area contributed by atoms with E-state index in [0.717, 1.165) is 38.9 Å². The number of rotatable bonds is 4. The lowest BCUT2D eigenvalue weighted by atomic mass is 9.83. The normalized spacial score (nSPS) is 14.4. The molecule has 0 saturated heterocycles. The van der Waals surface area contributed by atoms with Gasteiger partial charge in [0.1, 0.15) is 0 Å². The Labute approximate surface area is 172 Å². The molecule has 3 rings (SSSR count). The van der Waals surface area contributed by atoms with Crippen LogP contribution in [0.2, 0.25) is 0 Å². The number of nitriles is 1. The molecule has 2 aromatic carbocycles. The number of fused-ring (bicyclic) bond motifs is 1. The average Bonchev–Trinajstić information content (AvgIpc) is 3.08. The highest BCUT2D eigenvalue weighted by Gasteiger charge is 2.35. The highest BCUT2D eigenvalue weighted by atomic mass is 16.5. The fraction of sp³-hybridized carbons (Fsp3) is 0.417. The Morgan fingerprint density at radius 3 is 2.14 bits per heavy atom. The predicted molar refractivity (Wildman–Crippen MR) is 112 cm³/mol. The molecule has 1 N–H and O–H groups in total. The zero-order chi connectivity index (χ0) is 21.5. The summed E-state index contributed by atoms with van der Waals surface area (Å²) in [5.41, 5.74) is 7.15. The van der Waals surface area contributed by atoms with Crippen LogP contribution in [0.15, 0.2) is 24.3 Å². The van der Waals surface area contributed by atoms with Gasteiger partial charge in [-0.3, -0.25) is 0 Å². The molecule has 1 atom stereocenters. The minimum atomic E-state index is -1.09. The van der Waals surface area contributed by atoms with E-state index < -0.39 is 17.7 Å². The number of carbonyl (C=O) groups is 1. The Morgan fingerprint density at radius 1 is 1.10 bits per heavy atom. The van der Waals surface area contributed by atoms with Crippen molar-refractivity contribution in [2.24, 2.45) is 0 Å². The van der Waals surface area contributed by atoms with Gasteiger partial charge in [0.05, 0.1) is 18.7 Å². The smallest absolute Gasteiger partial charge is 0.337 e. The molecule has 1 aliphatic rings. The maximum atomic E-state index is 12.3. The van der Waals surface area contributed by atoms with E-state index >= 15 is 0 Å². The molecule has 29 heavy (non-hydrogen) atoms. The number of hydrogen-bond acceptors (Lipinski definition) is 4. The number of hydrogen-bond donors (Lipinski definition) is 1. The summed E-state index contributed by atoms with van der Waals surface area (Å²) in [4.78, 5) is 14.0. The fourth-order valence-electron chi connectivity index (χ4n) is 4.10. The Balaban J connectivity index is 2.34. The van der Waals surface area contributed by atoms with Crippen LogP contribution in [-0.4, -0.2) is 21.6 Å². The summed E-state index contributed by atoms with van der Waals surface area (Å²) in [5, 5.41) is 19.5. The summed E-state index contributed by atoms with van der Waals surface area (Å²) in [7, 11) is 0. The predicted octanol–water partition coefficient (Wildman–Crippen LogP) is 5.02. The summed E-state index contributed by atoms with van der Waals surface area (Å²) in [5.74, 6) is -1.01. The number of aryl methyl sites for hydroxylation is 1. The van der Waals surface area contributed by atoms with E-state index in [4.69, 9.17) is 4.74 Å². The van der Waals surface area contributed by atoms with Crippen LogP contribution in [0.3, 0.4) is 0 Å². The van der Waals surface area contributed by atoms with Crippen molar-refractivity contribution in [2.45, 2.75) is 66.3 Å². The molecule has 1 heterocycles. The molecule has 0 spiro atoms. The molecule has 0 aromatic heterocycles. The van der Waals surface area contributed by atoms with Crippen LogP contribution in [0.25, 0.3) is 11.1 Å². The van der Waals surface area contributed by atoms with Crippen LogP contribution < -0.4 is 0 Å². The van der Waals surface area contributed by atoms with Gasteiger partial charge in [0.15, 0.2) is 12.3 Å². The first-order valence-corrected chi connectivity index (χ1v) is 9.80. The summed E-state index contributed by atoms with van der Waals surface area (Å²) in [6, 6.07) is 8.12. The minimum Gasteiger partial charge on any atom is -0.479 e. The molecule has 1 unspecified atom stereocenters. The summed E-state index contributed by atoms with van der Waals surface area (Å²) in [6.07, 6.45) is 1.14. The van der Waals surface area contributed by atoms with Gasteiger partial charge < -0.3 is 14.7 Å². The lowest BCUT2D eigenvalue weighted by molar-refractivity contribution is -0.160. The van der Waals surface area contributed by atoms with Crippen molar-refractivity contribution in [2.75, 3.05) is 0 Å². The lowest BCUT2D eigenvalue weighted by Crippen LogP contribution is -2.28. The monoisotopic (exact) mass is 392 g/mol. The Morgan fingerprint density at radius 2 is 1.66 bits per heavy atom. The average molecular weight is 392 g/mol. The van der Waals surface area contributed by atoms with Gasteiger partial charge in [0.25, 0.3) is 0 Å². The fourth-order valence-corrected chi connectivity index (χ4v) is 4.10. The topological polar surface area (TPSA) is 73.6 Å². The summed E-state index contributed by atoms with van der Waals surface area (Å²) in [6.45, 7) is 12.6. The number of carboxylic acid groups (broad SMARTS) is 1. The molecular weight excluding hydrogens is 364 g/mol. The van der Waals surface area contributed by atoms with Gasteiger partial charge in [-0.2, -0.15) is 5.26 Å². The van der Waals surface area contributed by atoms with E-state index in [-0.39, 0.29) is 0 Å². The largest absolute Gasteiger partial charge is 0.479 e. The van der Waals surface area contributed by atoms with E-state index in [1.807, 2.05) is 65.8 Å². The molecule has 0 saturated carbocycles. The highest BCUT2D eigenvalue weighted by Crippen LogP contribution is 2.43. The second-order valence-electron chi connectivity index (χ2n) is 8.77. The van der Waals surface area contributed by atoms with E-state index in [1.165, 1.54) is 0 Å². The highest BCUT2D eigenvalue weighted by molar-refractivity contribution is 5.84. The van der Waals surface area contributed by atoms with Gasteiger partial charge in [-0.05, 0) is 74.9 Å². The van der Waals surface area contributed by atoms with E-state index in [0.29, 0.717) is 18.7 Å². The molecule has 2 aromatic rings. The van der Waals surface area contributed by atoms with Crippen molar-refractivity contribution >= 4 is 5.97 Å². The summed E-state index contributed by atoms with van der Waals surface area (Å²) < 4.78 is 6.04. The minimum absolute atomic E-state index is 0.502. The third-order valence-corrected chi connectivity index (χ3v) is 5.46. The maximum absolute atomic E-state index is 12.3. The van der Waals surface area contributed by atoms with E-state index in [9.17, 15) is 15.2 Å². The molecule has 0 radical (unpaired) electrons. The van der Waals surface area contributed by atoms with Crippen molar-refractivity contribution in [1.82, 2.24) is 4.90 Å². The molecule has 5 heteroatoms. The number of benzene rings is 2. The SMILES string of the molecule is Cc1ccc(-c2c(C)c3c(c(C)c2C(OC(C)(C)C)C(=O)O)CN(C#N)C3)cc1. The van der Waals surface area contributed by atoms with Gasteiger partial charge in [-0.25, -0.2) is 4.79 Å². The number of nitrogens with zero attached hydrogens (tertiary/aromatic N) is 2. The van der Waals surface area contributed by atoms with Crippen molar-refractivity contribution in [3.8, 4) is 17.3 Å². The van der Waals surface area contributed by atoms with Crippen LogP contribution in [-0.2, 0) is 22.6 Å². The van der Waals surface area contributed by atoms with Gasteiger partial charge in [-0.15, -0.1) is 0 Å². The van der Waals surface area contributed by atoms with Crippen LogP contribution in [0.5, 0.6) is 0 Å². The van der Waals surface area contributed by atoms with Crippen LogP contribution in [0.1, 0.15) is 60.3 Å². The first kappa shape index (κ1) is 20.9. The van der Waals surface area contributed by atoms with Crippen LogP contribution in [0, 0.1) is 32.2 Å². The zero-order valence-electron chi connectivity index (χ0n) is 18.0. The van der Waals surface area contributed by atoms with Crippen LogP contribution in [0.4, 0.5) is 0 Å². The van der Waals surface area contributed by atoms with E-state index in [1.54, 1.807) is 4.90 Å². The Kier molecular flexibility index (Phi) is 5.42. The van der Waals surface area contributed by atoms with Crippen molar-refractivity contribution in [1.29, 1.82) is 5.26 Å². The molecule has 0 aliphatic carbocycles. The molecule has 5 nitrogen and oxygen atoms in total. The van der Waals surface area contributed by atoms with Gasteiger partial charge >= 0.3 is 5.97 Å². The Bertz CT molecular complexity index is 995. The molecule has 0 bridgehead atoms. The van der Waals surface area contributed by atoms with Crippen LogP contribution >= 0.6 is 0 Å². The first-order valence-electron chi connectivity index (χ1n) is 9.80. The van der Waals surface area contributed by atoms with Gasteiger partial charge in [0, 0.05) is 5.56 Å². The van der Waals surface area contributed by atoms with E-state index in [2.05, 4.69) is 6.19 Å². The third kappa shape index (κ3) is 3.99. The molecule has 0 fully saturated rings. The third-order valence-electron chi connectivity index (χ3n) is 5.46. The lowest BCUT2D eigenvalue weighted by Gasteiger charge is -2.29. The van der Waals surface area contributed by atoms with Gasteiger partial charge in [0.2, 0.25) is 0 Å². The molecule has 1 aliphatic heterocycles. The standard InChI is InChI=1S/C24H28N2O3/c1-14-7-9-17(10-8-14)20-15(2)18-11-26(13-25)12-19(18)16(3)21(20)22(23(27)28)29-24(4,5)6/h7-10,22H,11-12H2,1-6H3,(H,27,28). The second kappa shape index (κ2) is 7.53. The molecule has 152 valence electrons. The number of aliphatic carboxylic acids is 1. The zero-order valence-corrected chi connectivity index (χ0v) is 18.0. The first-order chi connectivity index (χ1) is 13.5. The molecular formula is C24H28N2O3. The Hall–Kier alpha value is -2.84. The number of carboxylic acids is 1. The van der Waals surface area contributed by atoms with Crippen molar-refractivity contribution < 1.29 is 14.6 Å². The number of ether oxygens (including phenoxy) is 1. The molecule has 0 amide bonds. The second-order valence-corrected chi connectivity index (χ2v) is 8.77. The maximum Gasteiger partial charge on any atom is 0.337 e. The summed E-state index contributed by atoms with van der Waals surface area (Å²) >= 11 is 0.